The molecule has 0 spiro atoms. The van der Waals surface area contributed by atoms with Gasteiger partial charge in [-0.2, -0.15) is 13.9 Å². The van der Waals surface area contributed by atoms with Gasteiger partial charge in [-0.15, -0.1) is 0 Å². The van der Waals surface area contributed by atoms with Gasteiger partial charge in [-0.1, -0.05) is 23.9 Å². The van der Waals surface area contributed by atoms with Crippen LogP contribution in [0.5, 0.6) is 0 Å². The fraction of sp³-hybridized carbons (Fsp3) is 0.167. The number of thioether (sulfide) groups is 1. The second-order valence-electron chi connectivity index (χ2n) is 3.70. The van der Waals surface area contributed by atoms with Gasteiger partial charge in [0.2, 0.25) is 0 Å². The number of carbonyl (C=O) groups excluding carboxylic acids is 1. The highest BCUT2D eigenvalue weighted by molar-refractivity contribution is 7.99. The molecule has 0 saturated carbocycles. The number of aryl methyl sites for hydroxylation is 1. The summed E-state index contributed by atoms with van der Waals surface area (Å²) in [5.41, 5.74) is 0.207. The van der Waals surface area contributed by atoms with Gasteiger partial charge >= 0.3 is 0 Å². The topological polar surface area (TPSA) is 46.9 Å². The van der Waals surface area contributed by atoms with Crippen molar-refractivity contribution >= 4 is 23.5 Å². The molecule has 0 aliphatic carbocycles. The van der Waals surface area contributed by atoms with E-state index >= 15 is 0 Å². The number of hydrogen-bond donors (Lipinski definition) is 1. The zero-order chi connectivity index (χ0) is 13.8. The van der Waals surface area contributed by atoms with E-state index in [2.05, 4.69) is 10.4 Å². The number of carbonyl (C=O) groups is 1. The van der Waals surface area contributed by atoms with Crippen molar-refractivity contribution in [2.75, 3.05) is 5.32 Å². The molecule has 2 aromatic rings. The number of aromatic nitrogens is 2. The van der Waals surface area contributed by atoms with Crippen molar-refractivity contribution in [1.82, 2.24) is 9.78 Å². The Morgan fingerprint density at radius 1 is 1.37 bits per heavy atom. The zero-order valence-corrected chi connectivity index (χ0v) is 10.8. The molecule has 0 fully saturated rings. The maximum Gasteiger partial charge on any atom is 0.288 e. The normalized spacial score (nSPS) is 10.7. The first-order valence-corrected chi connectivity index (χ1v) is 6.29. The van der Waals surface area contributed by atoms with Gasteiger partial charge in [-0.3, -0.25) is 9.48 Å². The van der Waals surface area contributed by atoms with E-state index in [4.69, 9.17) is 0 Å². The lowest BCUT2D eigenvalue weighted by atomic mass is 10.2. The van der Waals surface area contributed by atoms with Gasteiger partial charge in [0.25, 0.3) is 11.7 Å². The number of anilines is 1. The van der Waals surface area contributed by atoms with E-state index in [1.807, 2.05) is 0 Å². The molecule has 2 rings (SSSR count). The minimum Gasteiger partial charge on any atom is -0.305 e. The monoisotopic (exact) mass is 283 g/mol. The quantitative estimate of drug-likeness (QED) is 0.877. The van der Waals surface area contributed by atoms with Crippen molar-refractivity contribution in [3.63, 3.8) is 0 Å². The second kappa shape index (κ2) is 5.83. The number of hydrogen-bond acceptors (Lipinski definition) is 3. The van der Waals surface area contributed by atoms with Crippen LogP contribution in [0.2, 0.25) is 0 Å². The van der Waals surface area contributed by atoms with Crippen molar-refractivity contribution in [2.45, 2.75) is 10.7 Å². The number of rotatable bonds is 4. The second-order valence-corrected chi connectivity index (χ2v) is 4.74. The van der Waals surface area contributed by atoms with E-state index in [-0.39, 0.29) is 10.5 Å². The van der Waals surface area contributed by atoms with Crippen molar-refractivity contribution in [3.05, 3.63) is 42.1 Å². The molecule has 0 unspecified atom stereocenters. The van der Waals surface area contributed by atoms with Crippen LogP contribution in [0.15, 0.2) is 41.4 Å². The van der Waals surface area contributed by atoms with E-state index in [0.717, 1.165) is 0 Å². The summed E-state index contributed by atoms with van der Waals surface area (Å²) < 4.78 is 26.4. The van der Waals surface area contributed by atoms with Crippen LogP contribution in [0.1, 0.15) is 10.4 Å². The number of nitrogens with zero attached hydrogens (tertiary/aromatic N) is 2. The number of halogens is 2. The number of nitrogens with one attached hydrogen (secondary N) is 1. The molecular weight excluding hydrogens is 272 g/mol. The highest BCUT2D eigenvalue weighted by Crippen LogP contribution is 2.28. The first kappa shape index (κ1) is 13.5. The summed E-state index contributed by atoms with van der Waals surface area (Å²) in [5, 5.41) is 6.56. The van der Waals surface area contributed by atoms with E-state index < -0.39 is 11.7 Å². The van der Waals surface area contributed by atoms with Crippen molar-refractivity contribution < 1.29 is 13.6 Å². The third-order valence-corrected chi connectivity index (χ3v) is 3.09. The summed E-state index contributed by atoms with van der Waals surface area (Å²) in [5.74, 6) is -2.64. The Labute approximate surface area is 112 Å². The van der Waals surface area contributed by atoms with Gasteiger partial charge < -0.3 is 5.32 Å². The molecule has 1 amide bonds. The molecule has 1 heterocycles. The van der Waals surface area contributed by atoms with E-state index in [1.165, 1.54) is 16.8 Å². The average Bonchev–Trinajstić information content (AvgIpc) is 2.74. The molecule has 7 heteroatoms. The molecule has 0 radical (unpaired) electrons. The third kappa shape index (κ3) is 3.54. The molecule has 0 atom stereocenters. The van der Waals surface area contributed by atoms with Gasteiger partial charge in [-0.05, 0) is 12.1 Å². The lowest BCUT2D eigenvalue weighted by Gasteiger charge is -2.07. The minimum absolute atomic E-state index is 0.207. The maximum atomic E-state index is 12.4. The molecule has 4 nitrogen and oxygen atoms in total. The summed E-state index contributed by atoms with van der Waals surface area (Å²) in [6.45, 7) is 0. The molecule has 0 aliphatic rings. The summed E-state index contributed by atoms with van der Waals surface area (Å²) in [4.78, 5) is 12.2. The Bertz CT molecular complexity index is 586. The largest absolute Gasteiger partial charge is 0.305 e. The third-order valence-electron chi connectivity index (χ3n) is 2.30. The number of benzene rings is 1. The standard InChI is InChI=1S/C12H11F2N3OS/c1-17-7-6-10(16-17)15-11(18)8-4-2-3-5-9(8)19-12(13)14/h2-7,12H,1H3,(H,15,16,18). The SMILES string of the molecule is Cn1ccc(NC(=O)c2ccccc2SC(F)F)n1. The first-order valence-electron chi connectivity index (χ1n) is 5.41. The molecule has 1 N–H and O–H groups in total. The Morgan fingerprint density at radius 2 is 2.11 bits per heavy atom. The van der Waals surface area contributed by atoms with Crippen LogP contribution in [0, 0.1) is 0 Å². The smallest absolute Gasteiger partial charge is 0.288 e. The van der Waals surface area contributed by atoms with Gasteiger partial charge in [-0.25, -0.2) is 0 Å². The van der Waals surface area contributed by atoms with Crippen LogP contribution in [0.4, 0.5) is 14.6 Å². The summed E-state index contributed by atoms with van der Waals surface area (Å²) in [7, 11) is 1.72. The Morgan fingerprint density at radius 3 is 2.74 bits per heavy atom. The fourth-order valence-electron chi connectivity index (χ4n) is 1.52. The molecule has 100 valence electrons. The van der Waals surface area contributed by atoms with Gasteiger partial charge in [0.15, 0.2) is 5.82 Å². The van der Waals surface area contributed by atoms with Crippen molar-refractivity contribution in [1.29, 1.82) is 0 Å². The highest BCUT2D eigenvalue weighted by Gasteiger charge is 2.15. The van der Waals surface area contributed by atoms with E-state index in [9.17, 15) is 13.6 Å². The summed E-state index contributed by atoms with van der Waals surface area (Å²) >= 11 is 0.349. The maximum absolute atomic E-state index is 12.4. The first-order chi connectivity index (χ1) is 9.06. The zero-order valence-electron chi connectivity index (χ0n) is 10.0. The Kier molecular flexibility index (Phi) is 4.16. The Balaban J connectivity index is 2.18. The van der Waals surface area contributed by atoms with Gasteiger partial charge in [0.05, 0.1) is 5.56 Å². The van der Waals surface area contributed by atoms with E-state index in [0.29, 0.717) is 17.6 Å². The van der Waals surface area contributed by atoms with Crippen LogP contribution >= 0.6 is 11.8 Å². The van der Waals surface area contributed by atoms with Gasteiger partial charge in [0, 0.05) is 24.2 Å². The van der Waals surface area contributed by atoms with Gasteiger partial charge in [0.1, 0.15) is 0 Å². The molecule has 1 aromatic heterocycles. The molecule has 1 aromatic carbocycles. The average molecular weight is 283 g/mol. The lowest BCUT2D eigenvalue weighted by molar-refractivity contribution is 0.102. The summed E-state index contributed by atoms with van der Waals surface area (Å²) in [6, 6.07) is 7.86. The van der Waals surface area contributed by atoms with Crippen LogP contribution < -0.4 is 5.32 Å². The van der Waals surface area contributed by atoms with E-state index in [1.54, 1.807) is 31.4 Å². The molecule has 0 aliphatic heterocycles. The molecule has 0 bridgehead atoms. The number of alkyl halides is 2. The number of amides is 1. The molecule has 19 heavy (non-hydrogen) atoms. The van der Waals surface area contributed by atoms with Crippen LogP contribution in [-0.2, 0) is 7.05 Å². The van der Waals surface area contributed by atoms with Crippen molar-refractivity contribution in [3.8, 4) is 0 Å². The van der Waals surface area contributed by atoms with Crippen LogP contribution in [-0.4, -0.2) is 21.4 Å². The fourth-order valence-corrected chi connectivity index (χ4v) is 2.16. The van der Waals surface area contributed by atoms with Crippen molar-refractivity contribution in [2.24, 2.45) is 7.05 Å². The molecule has 0 saturated heterocycles. The summed E-state index contributed by atoms with van der Waals surface area (Å²) in [6.07, 6.45) is 1.68. The Hall–Kier alpha value is -1.89. The van der Waals surface area contributed by atoms with Crippen LogP contribution in [0.3, 0.4) is 0 Å². The highest BCUT2D eigenvalue weighted by atomic mass is 32.2. The minimum atomic E-state index is -2.57. The van der Waals surface area contributed by atoms with Crippen LogP contribution in [0.25, 0.3) is 0 Å². The lowest BCUT2D eigenvalue weighted by Crippen LogP contribution is -2.13. The predicted molar refractivity (Wildman–Crippen MR) is 69.5 cm³/mol. The molecular formula is C12H11F2N3OS. The predicted octanol–water partition coefficient (Wildman–Crippen LogP) is 2.99.